The first-order chi connectivity index (χ1) is 9.31. The highest BCUT2D eigenvalue weighted by Crippen LogP contribution is 2.25. The summed E-state index contributed by atoms with van der Waals surface area (Å²) in [6, 6.07) is 8.41. The lowest BCUT2D eigenvalue weighted by Crippen LogP contribution is -2.35. The molecule has 2 heterocycles. The van der Waals surface area contributed by atoms with E-state index in [9.17, 15) is 0 Å². The van der Waals surface area contributed by atoms with Crippen molar-refractivity contribution in [3.05, 3.63) is 29.8 Å². The smallest absolute Gasteiger partial charge is 0.203 e. The summed E-state index contributed by atoms with van der Waals surface area (Å²) in [6.45, 7) is 4.59. The Hall–Kier alpha value is -1.50. The number of anilines is 1. The molecule has 0 amide bonds. The van der Waals surface area contributed by atoms with Gasteiger partial charge >= 0.3 is 0 Å². The second-order valence-corrected chi connectivity index (χ2v) is 5.54. The van der Waals surface area contributed by atoms with Gasteiger partial charge in [-0.05, 0) is 11.6 Å². The zero-order valence-electron chi connectivity index (χ0n) is 10.6. The average Bonchev–Trinajstić information content (AvgIpc) is 2.87. The molecule has 1 aromatic heterocycles. The van der Waals surface area contributed by atoms with E-state index in [-0.39, 0.29) is 0 Å². The third-order valence-corrected chi connectivity index (χ3v) is 3.93. The Labute approximate surface area is 116 Å². The van der Waals surface area contributed by atoms with E-state index in [0.29, 0.717) is 5.13 Å². The van der Waals surface area contributed by atoms with E-state index in [1.807, 2.05) is 6.07 Å². The molecule has 1 saturated heterocycles. The van der Waals surface area contributed by atoms with Gasteiger partial charge in [-0.25, -0.2) is 0 Å². The van der Waals surface area contributed by atoms with Crippen LogP contribution in [0.25, 0.3) is 10.6 Å². The van der Waals surface area contributed by atoms with Crippen LogP contribution in [0.15, 0.2) is 24.3 Å². The molecule has 0 bridgehead atoms. The summed E-state index contributed by atoms with van der Waals surface area (Å²) >= 11 is 1.42. The summed E-state index contributed by atoms with van der Waals surface area (Å²) in [5.41, 5.74) is 7.99. The van der Waals surface area contributed by atoms with E-state index >= 15 is 0 Å². The fraction of sp³-hybridized carbons (Fsp3) is 0.385. The monoisotopic (exact) mass is 276 g/mol. The third kappa shape index (κ3) is 3.09. The molecule has 1 aromatic carbocycles. The lowest BCUT2D eigenvalue weighted by Gasteiger charge is -2.26. The fourth-order valence-corrected chi connectivity index (χ4v) is 2.78. The van der Waals surface area contributed by atoms with Crippen molar-refractivity contribution in [1.82, 2.24) is 15.1 Å². The lowest BCUT2D eigenvalue weighted by molar-refractivity contribution is 0.0342. The predicted octanol–water partition coefficient (Wildman–Crippen LogP) is 1.62. The van der Waals surface area contributed by atoms with Crippen molar-refractivity contribution in [2.75, 3.05) is 32.0 Å². The van der Waals surface area contributed by atoms with Gasteiger partial charge in [-0.1, -0.05) is 29.5 Å². The molecule has 0 unspecified atom stereocenters. The van der Waals surface area contributed by atoms with Crippen LogP contribution in [0.5, 0.6) is 0 Å². The second-order valence-electron chi connectivity index (χ2n) is 4.53. The Bertz CT molecular complexity index is 551. The molecule has 1 aliphatic rings. The van der Waals surface area contributed by atoms with E-state index < -0.39 is 0 Å². The topological polar surface area (TPSA) is 64.3 Å². The van der Waals surface area contributed by atoms with Gasteiger partial charge in [0.15, 0.2) is 0 Å². The van der Waals surface area contributed by atoms with Crippen molar-refractivity contribution >= 4 is 16.5 Å². The molecule has 1 aliphatic heterocycles. The number of benzene rings is 1. The average molecular weight is 276 g/mol. The van der Waals surface area contributed by atoms with Crippen molar-refractivity contribution in [3.63, 3.8) is 0 Å². The molecular weight excluding hydrogens is 260 g/mol. The Balaban J connectivity index is 1.75. The number of morpholine rings is 1. The van der Waals surface area contributed by atoms with Crippen molar-refractivity contribution in [3.8, 4) is 10.6 Å². The number of nitrogens with zero attached hydrogens (tertiary/aromatic N) is 3. The molecule has 0 radical (unpaired) electrons. The number of nitrogen functional groups attached to an aromatic ring is 1. The predicted molar refractivity (Wildman–Crippen MR) is 75.9 cm³/mol. The molecule has 100 valence electrons. The quantitative estimate of drug-likeness (QED) is 0.923. The standard InChI is InChI=1S/C13H16N4OS/c14-13-16-15-12(19-13)11-3-1-2-10(8-11)9-17-4-6-18-7-5-17/h1-3,8H,4-7,9H2,(H2,14,16). The summed E-state index contributed by atoms with van der Waals surface area (Å²) in [7, 11) is 0. The molecule has 0 saturated carbocycles. The van der Waals surface area contributed by atoms with Gasteiger partial charge in [0.05, 0.1) is 13.2 Å². The maximum atomic E-state index is 5.63. The van der Waals surface area contributed by atoms with Crippen molar-refractivity contribution in [1.29, 1.82) is 0 Å². The number of ether oxygens (including phenoxy) is 1. The molecule has 5 nitrogen and oxygen atoms in total. The number of rotatable bonds is 3. The van der Waals surface area contributed by atoms with Crippen LogP contribution < -0.4 is 5.73 Å². The van der Waals surface area contributed by atoms with Crippen LogP contribution in [-0.4, -0.2) is 41.4 Å². The summed E-state index contributed by atoms with van der Waals surface area (Å²) in [6.07, 6.45) is 0. The number of hydrogen-bond donors (Lipinski definition) is 1. The van der Waals surface area contributed by atoms with E-state index in [1.54, 1.807) is 0 Å². The van der Waals surface area contributed by atoms with Crippen LogP contribution in [0, 0.1) is 0 Å². The van der Waals surface area contributed by atoms with Crippen LogP contribution >= 0.6 is 11.3 Å². The molecule has 0 aliphatic carbocycles. The molecule has 3 rings (SSSR count). The molecule has 1 fully saturated rings. The van der Waals surface area contributed by atoms with Crippen LogP contribution in [0.3, 0.4) is 0 Å². The van der Waals surface area contributed by atoms with Crippen molar-refractivity contribution < 1.29 is 4.74 Å². The SMILES string of the molecule is Nc1nnc(-c2cccc(CN3CCOCC3)c2)s1. The van der Waals surface area contributed by atoms with E-state index in [2.05, 4.69) is 33.3 Å². The first-order valence-corrected chi connectivity index (χ1v) is 7.11. The Kier molecular flexibility index (Phi) is 3.72. The first kappa shape index (κ1) is 12.5. The van der Waals surface area contributed by atoms with Gasteiger partial charge in [0.25, 0.3) is 0 Å². The molecule has 2 N–H and O–H groups in total. The van der Waals surface area contributed by atoms with Gasteiger partial charge in [0.1, 0.15) is 5.01 Å². The summed E-state index contributed by atoms with van der Waals surface area (Å²) < 4.78 is 5.36. The largest absolute Gasteiger partial charge is 0.379 e. The van der Waals surface area contributed by atoms with Crippen LogP contribution in [0.1, 0.15) is 5.56 Å². The van der Waals surface area contributed by atoms with Gasteiger partial charge in [-0.2, -0.15) is 0 Å². The molecule has 19 heavy (non-hydrogen) atoms. The highest BCUT2D eigenvalue weighted by atomic mass is 32.1. The summed E-state index contributed by atoms with van der Waals surface area (Å²) in [5.74, 6) is 0. The maximum absolute atomic E-state index is 5.63. The summed E-state index contributed by atoms with van der Waals surface area (Å²) in [4.78, 5) is 2.40. The number of aromatic nitrogens is 2. The molecule has 6 heteroatoms. The van der Waals surface area contributed by atoms with Gasteiger partial charge in [-0.3, -0.25) is 4.90 Å². The van der Waals surface area contributed by atoms with Gasteiger partial charge in [-0.15, -0.1) is 10.2 Å². The van der Waals surface area contributed by atoms with E-state index in [0.717, 1.165) is 43.4 Å². The van der Waals surface area contributed by atoms with Gasteiger partial charge < -0.3 is 10.5 Å². The van der Waals surface area contributed by atoms with Crippen LogP contribution in [0.2, 0.25) is 0 Å². The molecule has 0 spiro atoms. The maximum Gasteiger partial charge on any atom is 0.203 e. The van der Waals surface area contributed by atoms with Crippen molar-refractivity contribution in [2.45, 2.75) is 6.54 Å². The Morgan fingerprint density at radius 2 is 2.11 bits per heavy atom. The van der Waals surface area contributed by atoms with Crippen molar-refractivity contribution in [2.24, 2.45) is 0 Å². The first-order valence-electron chi connectivity index (χ1n) is 6.30. The molecular formula is C13H16N4OS. The minimum absolute atomic E-state index is 0.508. The molecule has 0 atom stereocenters. The highest BCUT2D eigenvalue weighted by Gasteiger charge is 2.11. The Morgan fingerprint density at radius 1 is 1.26 bits per heavy atom. The zero-order chi connectivity index (χ0) is 13.1. The van der Waals surface area contributed by atoms with Gasteiger partial charge in [0, 0.05) is 25.2 Å². The van der Waals surface area contributed by atoms with Crippen LogP contribution in [-0.2, 0) is 11.3 Å². The van der Waals surface area contributed by atoms with E-state index in [1.165, 1.54) is 16.9 Å². The number of hydrogen-bond acceptors (Lipinski definition) is 6. The highest BCUT2D eigenvalue weighted by molar-refractivity contribution is 7.18. The van der Waals surface area contributed by atoms with Crippen LogP contribution in [0.4, 0.5) is 5.13 Å². The van der Waals surface area contributed by atoms with Gasteiger partial charge in [0.2, 0.25) is 5.13 Å². The summed E-state index contributed by atoms with van der Waals surface area (Å²) in [5, 5.41) is 9.33. The Morgan fingerprint density at radius 3 is 2.84 bits per heavy atom. The molecule has 2 aromatic rings. The minimum Gasteiger partial charge on any atom is -0.379 e. The number of nitrogens with two attached hydrogens (primary N) is 1. The third-order valence-electron chi connectivity index (χ3n) is 3.12. The lowest BCUT2D eigenvalue weighted by atomic mass is 10.1. The zero-order valence-corrected chi connectivity index (χ0v) is 11.4. The second kappa shape index (κ2) is 5.64. The normalized spacial score (nSPS) is 16.6. The minimum atomic E-state index is 0.508. The fourth-order valence-electron chi connectivity index (χ4n) is 2.17. The van der Waals surface area contributed by atoms with E-state index in [4.69, 9.17) is 10.5 Å².